The Kier molecular flexibility index (Phi) is 4.95. The normalized spacial score (nSPS) is 23.1. The molecule has 1 heterocycles. The first kappa shape index (κ1) is 17.0. The lowest BCUT2D eigenvalue weighted by molar-refractivity contribution is -0.145. The minimum Gasteiger partial charge on any atom is -0.346 e. The lowest BCUT2D eigenvalue weighted by Crippen LogP contribution is -2.45. The molecule has 3 rings (SSSR count). The molecule has 0 bridgehead atoms. The highest BCUT2D eigenvalue weighted by molar-refractivity contribution is 6.29. The zero-order valence-corrected chi connectivity index (χ0v) is 14.8. The van der Waals surface area contributed by atoms with Crippen molar-refractivity contribution in [3.8, 4) is 0 Å². The third-order valence-corrected chi connectivity index (χ3v) is 5.23. The third-order valence-electron chi connectivity index (χ3n) is 5.11. The molecule has 128 valence electrons. The minimum atomic E-state index is -0.252. The van der Waals surface area contributed by atoms with Crippen LogP contribution in [0.25, 0.3) is 0 Å². The molecule has 0 spiro atoms. The summed E-state index contributed by atoms with van der Waals surface area (Å²) in [5, 5.41) is 0.451. The van der Waals surface area contributed by atoms with E-state index in [0.717, 1.165) is 12.8 Å². The van der Waals surface area contributed by atoms with E-state index in [-0.39, 0.29) is 30.2 Å². The Bertz CT molecular complexity index is 673. The Morgan fingerprint density at radius 3 is 2.83 bits per heavy atom. The lowest BCUT2D eigenvalue weighted by atomic mass is 9.93. The van der Waals surface area contributed by atoms with E-state index in [4.69, 9.17) is 11.6 Å². The average molecular weight is 347 g/mol. The molecule has 24 heavy (non-hydrogen) atoms. The number of carbonyl (C=O) groups is 2. The summed E-state index contributed by atoms with van der Waals surface area (Å²) in [5.74, 6) is -0.187. The van der Waals surface area contributed by atoms with Gasteiger partial charge >= 0.3 is 0 Å². The van der Waals surface area contributed by atoms with Gasteiger partial charge in [0.15, 0.2) is 0 Å². The molecule has 0 radical (unpaired) electrons. The number of hydrogen-bond donors (Lipinski definition) is 0. The van der Waals surface area contributed by atoms with E-state index in [1.54, 1.807) is 11.9 Å². The lowest BCUT2D eigenvalue weighted by Gasteiger charge is -2.35. The number of piperidine rings is 1. The Labute approximate surface area is 148 Å². The molecule has 5 heteroatoms. The second-order valence-corrected chi connectivity index (χ2v) is 7.28. The SMILES string of the molecule is C=C(Cl)CN(C(=O)C1CCN(C)C(=O)C1)C1CCc2ccccc21. The number of aryl methyl sites for hydroxylation is 1. The highest BCUT2D eigenvalue weighted by Crippen LogP contribution is 2.37. The summed E-state index contributed by atoms with van der Waals surface area (Å²) < 4.78 is 0. The standard InChI is InChI=1S/C19H23ClN2O2/c1-13(20)12-22(17-8-7-14-5-3-4-6-16(14)17)19(24)15-9-10-21(2)18(23)11-15/h3-6,15,17H,1,7-12H2,2H3. The highest BCUT2D eigenvalue weighted by Gasteiger charge is 2.37. The predicted molar refractivity (Wildman–Crippen MR) is 94.6 cm³/mol. The van der Waals surface area contributed by atoms with Gasteiger partial charge in [-0.1, -0.05) is 42.4 Å². The summed E-state index contributed by atoms with van der Waals surface area (Å²) in [6.45, 7) is 4.74. The van der Waals surface area contributed by atoms with E-state index in [9.17, 15) is 9.59 Å². The molecule has 1 aromatic carbocycles. The maximum atomic E-state index is 13.1. The maximum absolute atomic E-state index is 13.1. The van der Waals surface area contributed by atoms with Crippen LogP contribution in [0.5, 0.6) is 0 Å². The van der Waals surface area contributed by atoms with Gasteiger partial charge in [-0.2, -0.15) is 0 Å². The van der Waals surface area contributed by atoms with Gasteiger partial charge in [0.1, 0.15) is 0 Å². The first-order chi connectivity index (χ1) is 11.5. The fourth-order valence-electron chi connectivity index (χ4n) is 3.77. The second-order valence-electron chi connectivity index (χ2n) is 6.74. The number of carbonyl (C=O) groups excluding carboxylic acids is 2. The van der Waals surface area contributed by atoms with Crippen LogP contribution in [0.1, 0.15) is 36.4 Å². The van der Waals surface area contributed by atoms with E-state index in [0.29, 0.717) is 24.5 Å². The van der Waals surface area contributed by atoms with Crippen LogP contribution in [0.15, 0.2) is 35.9 Å². The van der Waals surface area contributed by atoms with Crippen molar-refractivity contribution in [3.63, 3.8) is 0 Å². The number of benzene rings is 1. The molecular formula is C19H23ClN2O2. The van der Waals surface area contributed by atoms with E-state index in [1.807, 2.05) is 17.0 Å². The van der Waals surface area contributed by atoms with E-state index in [2.05, 4.69) is 18.7 Å². The predicted octanol–water partition coefficient (Wildman–Crippen LogP) is 3.12. The first-order valence-electron chi connectivity index (χ1n) is 8.43. The molecule has 1 fully saturated rings. The van der Waals surface area contributed by atoms with Crippen LogP contribution in [-0.4, -0.2) is 41.8 Å². The van der Waals surface area contributed by atoms with Crippen LogP contribution in [0.2, 0.25) is 0 Å². The van der Waals surface area contributed by atoms with E-state index >= 15 is 0 Å². The molecular weight excluding hydrogens is 324 g/mol. The van der Waals surface area contributed by atoms with Crippen molar-refractivity contribution in [2.24, 2.45) is 5.92 Å². The monoisotopic (exact) mass is 346 g/mol. The molecule has 4 nitrogen and oxygen atoms in total. The Morgan fingerprint density at radius 2 is 2.12 bits per heavy atom. The molecule has 1 aliphatic heterocycles. The van der Waals surface area contributed by atoms with E-state index in [1.165, 1.54) is 11.1 Å². The summed E-state index contributed by atoms with van der Waals surface area (Å²) in [6, 6.07) is 8.27. The fourth-order valence-corrected chi connectivity index (χ4v) is 3.90. The molecule has 2 unspecified atom stereocenters. The quantitative estimate of drug-likeness (QED) is 0.840. The van der Waals surface area contributed by atoms with Crippen molar-refractivity contribution in [2.45, 2.75) is 31.7 Å². The number of fused-ring (bicyclic) bond motifs is 1. The number of amides is 2. The number of likely N-dealkylation sites (tertiary alicyclic amines) is 1. The van der Waals surface area contributed by atoms with Gasteiger partial charge in [0.2, 0.25) is 11.8 Å². The van der Waals surface area contributed by atoms with Crippen LogP contribution in [-0.2, 0) is 16.0 Å². The van der Waals surface area contributed by atoms with Crippen molar-refractivity contribution < 1.29 is 9.59 Å². The second kappa shape index (κ2) is 6.98. The molecule has 0 aromatic heterocycles. The van der Waals surface area contributed by atoms with Crippen molar-refractivity contribution in [1.82, 2.24) is 9.80 Å². The summed E-state index contributed by atoms with van der Waals surface area (Å²) in [7, 11) is 1.79. The number of rotatable bonds is 4. The number of halogens is 1. The van der Waals surface area contributed by atoms with Crippen LogP contribution in [0, 0.1) is 5.92 Å². The Balaban J connectivity index is 1.83. The largest absolute Gasteiger partial charge is 0.346 e. The zero-order chi connectivity index (χ0) is 17.3. The fraction of sp³-hybridized carbons (Fsp3) is 0.474. The van der Waals surface area contributed by atoms with Crippen molar-refractivity contribution >= 4 is 23.4 Å². The molecule has 0 saturated carbocycles. The van der Waals surface area contributed by atoms with Gasteiger partial charge in [-0.05, 0) is 30.4 Å². The van der Waals surface area contributed by atoms with Gasteiger partial charge in [0.25, 0.3) is 0 Å². The van der Waals surface area contributed by atoms with Gasteiger partial charge in [0, 0.05) is 31.0 Å². The summed E-state index contributed by atoms with van der Waals surface area (Å²) >= 11 is 6.05. The molecule has 1 aliphatic carbocycles. The van der Waals surface area contributed by atoms with Gasteiger partial charge in [-0.15, -0.1) is 0 Å². The average Bonchev–Trinajstić information content (AvgIpc) is 2.98. The minimum absolute atomic E-state index is 0.0268. The first-order valence-corrected chi connectivity index (χ1v) is 8.80. The molecule has 2 amide bonds. The van der Waals surface area contributed by atoms with Crippen LogP contribution in [0.4, 0.5) is 0 Å². The number of nitrogens with zero attached hydrogens (tertiary/aromatic N) is 2. The summed E-state index contributed by atoms with van der Waals surface area (Å²) in [5.41, 5.74) is 2.49. The highest BCUT2D eigenvalue weighted by atomic mass is 35.5. The Morgan fingerprint density at radius 1 is 1.38 bits per heavy atom. The van der Waals surface area contributed by atoms with Crippen LogP contribution >= 0.6 is 11.6 Å². The van der Waals surface area contributed by atoms with Crippen molar-refractivity contribution in [3.05, 3.63) is 47.0 Å². The van der Waals surface area contributed by atoms with Crippen LogP contribution in [0.3, 0.4) is 0 Å². The maximum Gasteiger partial charge on any atom is 0.227 e. The van der Waals surface area contributed by atoms with Gasteiger partial charge < -0.3 is 9.80 Å². The summed E-state index contributed by atoms with van der Waals surface area (Å²) in [4.78, 5) is 28.7. The smallest absolute Gasteiger partial charge is 0.227 e. The van der Waals surface area contributed by atoms with Crippen LogP contribution < -0.4 is 0 Å². The molecule has 1 aromatic rings. The van der Waals surface area contributed by atoms with E-state index < -0.39 is 0 Å². The zero-order valence-electron chi connectivity index (χ0n) is 14.0. The molecule has 2 atom stereocenters. The van der Waals surface area contributed by atoms with Gasteiger partial charge in [0.05, 0.1) is 12.6 Å². The Hall–Kier alpha value is -1.81. The molecule has 1 saturated heterocycles. The topological polar surface area (TPSA) is 40.6 Å². The molecule has 2 aliphatic rings. The van der Waals surface area contributed by atoms with Gasteiger partial charge in [-0.25, -0.2) is 0 Å². The molecule has 0 N–H and O–H groups in total. The van der Waals surface area contributed by atoms with Gasteiger partial charge in [-0.3, -0.25) is 9.59 Å². The van der Waals surface area contributed by atoms with Crippen molar-refractivity contribution in [2.75, 3.05) is 20.1 Å². The van der Waals surface area contributed by atoms with Crippen molar-refractivity contribution in [1.29, 1.82) is 0 Å². The summed E-state index contributed by atoms with van der Waals surface area (Å²) in [6.07, 6.45) is 2.86. The third kappa shape index (κ3) is 3.34. The number of hydrogen-bond acceptors (Lipinski definition) is 2.